The Labute approximate surface area is 271 Å². The highest BCUT2D eigenvalue weighted by Crippen LogP contribution is 2.31. The highest BCUT2D eigenvalue weighted by atomic mass is 32.1. The van der Waals surface area contributed by atoms with E-state index >= 15 is 0 Å². The second-order valence-electron chi connectivity index (χ2n) is 10.5. The topological polar surface area (TPSA) is 105 Å². The second kappa shape index (κ2) is 14.3. The number of aryl methyl sites for hydroxylation is 2. The number of oxazole rings is 1. The number of aliphatic hydroxyl groups is 1. The van der Waals surface area contributed by atoms with Gasteiger partial charge in [0.25, 0.3) is 0 Å². The predicted molar refractivity (Wildman–Crippen MR) is 178 cm³/mol. The van der Waals surface area contributed by atoms with Crippen molar-refractivity contribution in [1.29, 1.82) is 0 Å². The lowest BCUT2D eigenvalue weighted by molar-refractivity contribution is 0.275. The van der Waals surface area contributed by atoms with Crippen molar-refractivity contribution in [3.63, 3.8) is 0 Å². The third kappa shape index (κ3) is 7.20. The molecule has 0 aliphatic rings. The standard InChI is InChI=1S/C36H34N4O5S/c1-4-34-37-29(23-46-34)15-14-28-19-40(30-11-6-5-7-12-30)39-36(28)44-21-26-13-16-32(33(18-26)42-3)43-22-31-24(2)45-35(38-31)27-10-8-9-25(17-27)20-41/h5-19,23,41H,4,20-22H2,1-3H3. The fourth-order valence-corrected chi connectivity index (χ4v) is 5.47. The fourth-order valence-electron chi connectivity index (χ4n) is 4.76. The van der Waals surface area contributed by atoms with Gasteiger partial charge >= 0.3 is 0 Å². The normalized spacial score (nSPS) is 11.3. The fraction of sp³-hybridized carbons (Fsp3) is 0.194. The number of aliphatic hydroxyl groups excluding tert-OH is 1. The van der Waals surface area contributed by atoms with Crippen molar-refractivity contribution in [2.75, 3.05) is 7.11 Å². The molecule has 1 N–H and O–H groups in total. The first-order valence-corrected chi connectivity index (χ1v) is 15.8. The van der Waals surface area contributed by atoms with Crippen LogP contribution in [0.3, 0.4) is 0 Å². The maximum absolute atomic E-state index is 9.47. The van der Waals surface area contributed by atoms with E-state index in [0.717, 1.165) is 45.1 Å². The van der Waals surface area contributed by atoms with Gasteiger partial charge in [-0.3, -0.25) is 0 Å². The lowest BCUT2D eigenvalue weighted by Gasteiger charge is -2.12. The number of rotatable bonds is 13. The highest BCUT2D eigenvalue weighted by molar-refractivity contribution is 7.09. The molecule has 0 saturated heterocycles. The number of para-hydroxylation sites is 1. The lowest BCUT2D eigenvalue weighted by Crippen LogP contribution is -2.02. The first kappa shape index (κ1) is 30.8. The molecule has 0 saturated carbocycles. The Bertz CT molecular complexity index is 1940. The molecule has 3 aromatic heterocycles. The van der Waals surface area contributed by atoms with Crippen LogP contribution in [-0.4, -0.2) is 32.0 Å². The molecule has 0 atom stereocenters. The quantitative estimate of drug-likeness (QED) is 0.138. The van der Waals surface area contributed by atoms with Crippen molar-refractivity contribution in [2.24, 2.45) is 0 Å². The minimum Gasteiger partial charge on any atom is -0.493 e. The summed E-state index contributed by atoms with van der Waals surface area (Å²) in [5.74, 6) is 2.79. The van der Waals surface area contributed by atoms with Crippen LogP contribution in [0.5, 0.6) is 17.4 Å². The van der Waals surface area contributed by atoms with E-state index in [1.54, 1.807) is 18.4 Å². The van der Waals surface area contributed by atoms with Gasteiger partial charge in [-0.05, 0) is 73.0 Å². The van der Waals surface area contributed by atoms with Gasteiger partial charge in [0.1, 0.15) is 24.7 Å². The summed E-state index contributed by atoms with van der Waals surface area (Å²) in [5.41, 5.74) is 5.84. The van der Waals surface area contributed by atoms with Gasteiger partial charge in [0, 0.05) is 17.1 Å². The Morgan fingerprint density at radius 2 is 1.78 bits per heavy atom. The SMILES string of the molecule is CCc1nc(C=Cc2cn(-c3ccccc3)nc2OCc2ccc(OCc3nc(-c4cccc(CO)c4)oc3C)c(OC)c2)cs1. The molecule has 0 aliphatic heterocycles. The van der Waals surface area contributed by atoms with Crippen molar-refractivity contribution >= 4 is 23.5 Å². The number of hydrogen-bond acceptors (Lipinski definition) is 9. The molecular formula is C36H34N4O5S. The predicted octanol–water partition coefficient (Wildman–Crippen LogP) is 7.68. The summed E-state index contributed by atoms with van der Waals surface area (Å²) in [4.78, 5) is 9.27. The van der Waals surface area contributed by atoms with Gasteiger partial charge in [-0.2, -0.15) is 0 Å². The van der Waals surface area contributed by atoms with Crippen molar-refractivity contribution in [2.45, 2.75) is 40.1 Å². The molecule has 6 rings (SSSR count). The molecule has 0 fully saturated rings. The molecule has 9 nitrogen and oxygen atoms in total. The Hall–Kier alpha value is -5.19. The van der Waals surface area contributed by atoms with Gasteiger partial charge in [-0.15, -0.1) is 16.4 Å². The van der Waals surface area contributed by atoms with Crippen LogP contribution in [-0.2, 0) is 26.2 Å². The molecule has 3 aromatic carbocycles. The summed E-state index contributed by atoms with van der Waals surface area (Å²) in [6.07, 6.45) is 6.82. The largest absolute Gasteiger partial charge is 0.493 e. The van der Waals surface area contributed by atoms with Crippen LogP contribution in [0.4, 0.5) is 0 Å². The number of benzene rings is 3. The van der Waals surface area contributed by atoms with Gasteiger partial charge in [0.05, 0.1) is 35.7 Å². The van der Waals surface area contributed by atoms with Crippen molar-refractivity contribution in [1.82, 2.24) is 19.7 Å². The van der Waals surface area contributed by atoms with Crippen molar-refractivity contribution < 1.29 is 23.7 Å². The van der Waals surface area contributed by atoms with Gasteiger partial charge in [0.15, 0.2) is 11.5 Å². The maximum atomic E-state index is 9.47. The maximum Gasteiger partial charge on any atom is 0.240 e. The molecule has 0 aliphatic carbocycles. The molecular weight excluding hydrogens is 600 g/mol. The van der Waals surface area contributed by atoms with Crippen molar-refractivity contribution in [3.8, 4) is 34.5 Å². The molecule has 3 heterocycles. The van der Waals surface area contributed by atoms with Crippen LogP contribution in [0.1, 0.15) is 45.8 Å². The van der Waals surface area contributed by atoms with E-state index in [1.807, 2.05) is 108 Å². The van der Waals surface area contributed by atoms with Gasteiger partial charge in [-0.1, -0.05) is 43.3 Å². The first-order chi connectivity index (χ1) is 22.5. The van der Waals surface area contributed by atoms with E-state index in [4.69, 9.17) is 23.7 Å². The molecule has 0 amide bonds. The second-order valence-corrected chi connectivity index (χ2v) is 11.4. The van der Waals surface area contributed by atoms with E-state index in [1.165, 1.54) is 0 Å². The Balaban J connectivity index is 1.16. The number of aromatic nitrogens is 4. The zero-order valence-corrected chi connectivity index (χ0v) is 26.7. The van der Waals surface area contributed by atoms with Crippen LogP contribution >= 0.6 is 11.3 Å². The van der Waals surface area contributed by atoms with Crippen LogP contribution in [0.25, 0.3) is 29.3 Å². The summed E-state index contributed by atoms with van der Waals surface area (Å²) in [5, 5.41) is 17.3. The summed E-state index contributed by atoms with van der Waals surface area (Å²) in [6.45, 7) is 4.38. The van der Waals surface area contributed by atoms with Gasteiger partial charge < -0.3 is 23.7 Å². The summed E-state index contributed by atoms with van der Waals surface area (Å²) >= 11 is 1.65. The van der Waals surface area contributed by atoms with E-state index in [9.17, 15) is 5.11 Å². The van der Waals surface area contributed by atoms with Crippen LogP contribution < -0.4 is 14.2 Å². The number of thiazole rings is 1. The Kier molecular flexibility index (Phi) is 9.56. The van der Waals surface area contributed by atoms with E-state index in [2.05, 4.69) is 16.9 Å². The smallest absolute Gasteiger partial charge is 0.240 e. The molecule has 0 bridgehead atoms. The number of ether oxygens (including phenoxy) is 3. The van der Waals surface area contributed by atoms with Crippen LogP contribution in [0.2, 0.25) is 0 Å². The van der Waals surface area contributed by atoms with Gasteiger partial charge in [-0.25, -0.2) is 14.6 Å². The minimum atomic E-state index is -0.0490. The zero-order valence-electron chi connectivity index (χ0n) is 25.8. The molecule has 46 heavy (non-hydrogen) atoms. The molecule has 0 unspecified atom stereocenters. The highest BCUT2D eigenvalue weighted by Gasteiger charge is 2.15. The van der Waals surface area contributed by atoms with Gasteiger partial charge in [0.2, 0.25) is 11.8 Å². The molecule has 0 spiro atoms. The number of nitrogens with zero attached hydrogens (tertiary/aromatic N) is 4. The van der Waals surface area contributed by atoms with E-state index < -0.39 is 0 Å². The first-order valence-electron chi connectivity index (χ1n) is 14.9. The summed E-state index contributed by atoms with van der Waals surface area (Å²) in [6, 6.07) is 23.1. The number of hydrogen-bond donors (Lipinski definition) is 1. The molecule has 0 radical (unpaired) electrons. The molecule has 234 valence electrons. The van der Waals surface area contributed by atoms with E-state index in [-0.39, 0.29) is 19.8 Å². The molecule has 10 heteroatoms. The average Bonchev–Trinajstić information content (AvgIpc) is 3.84. The summed E-state index contributed by atoms with van der Waals surface area (Å²) < 4.78 is 25.7. The average molecular weight is 635 g/mol. The summed E-state index contributed by atoms with van der Waals surface area (Å²) in [7, 11) is 1.60. The third-order valence-corrected chi connectivity index (χ3v) is 8.26. The third-order valence-electron chi connectivity index (χ3n) is 7.25. The minimum absolute atomic E-state index is 0.0490. The van der Waals surface area contributed by atoms with E-state index in [0.29, 0.717) is 34.7 Å². The Morgan fingerprint density at radius 1 is 0.913 bits per heavy atom. The molecule has 6 aromatic rings. The van der Waals surface area contributed by atoms with Crippen LogP contribution in [0, 0.1) is 6.92 Å². The Morgan fingerprint density at radius 3 is 2.57 bits per heavy atom. The van der Waals surface area contributed by atoms with Crippen LogP contribution in [0.15, 0.2) is 88.8 Å². The zero-order chi connectivity index (χ0) is 31.9. The number of methoxy groups -OCH3 is 1. The monoisotopic (exact) mass is 634 g/mol. The van der Waals surface area contributed by atoms with Crippen molar-refractivity contribution in [3.05, 3.63) is 123 Å². The lowest BCUT2D eigenvalue weighted by atomic mass is 10.1.